The average Bonchev–Trinajstić information content (AvgIpc) is 3.14. The highest BCUT2D eigenvalue weighted by Gasteiger charge is 2.59. The molecule has 0 radical (unpaired) electrons. The molecule has 5 aliphatic rings. The van der Waals surface area contributed by atoms with Gasteiger partial charge in [-0.2, -0.15) is 0 Å². The summed E-state index contributed by atoms with van der Waals surface area (Å²) in [6.45, 7) is 9.93. The number of ether oxygens (including phenoxy) is 3. The van der Waals surface area contributed by atoms with Gasteiger partial charge >= 0.3 is 17.9 Å². The zero-order valence-corrected chi connectivity index (χ0v) is 20.4. The molecule has 4 bridgehead atoms. The van der Waals surface area contributed by atoms with Crippen molar-refractivity contribution in [1.29, 1.82) is 0 Å². The summed E-state index contributed by atoms with van der Waals surface area (Å²) in [6, 6.07) is 0. The summed E-state index contributed by atoms with van der Waals surface area (Å²) in [5.74, 6) is 1.43. The second-order valence-corrected chi connectivity index (χ2v) is 11.8. The van der Waals surface area contributed by atoms with Crippen LogP contribution in [0.2, 0.25) is 0 Å². The zero-order valence-electron chi connectivity index (χ0n) is 20.4. The standard InChI is InChI=1S/C26H40O6/c1-6-25(5,23(29)31-20-8-9-30-21(20)27)15-24(3,4)22(28)32-26(7-2)18-11-16-10-17(13-18)14-19(26)12-16/h16-20H,6-15H2,1-5H3. The Labute approximate surface area is 192 Å². The van der Waals surface area contributed by atoms with Crippen molar-refractivity contribution in [2.75, 3.05) is 6.61 Å². The molecule has 0 spiro atoms. The maximum atomic E-state index is 13.6. The van der Waals surface area contributed by atoms with Gasteiger partial charge in [-0.3, -0.25) is 9.59 Å². The van der Waals surface area contributed by atoms with Crippen molar-refractivity contribution in [2.45, 2.75) is 104 Å². The summed E-state index contributed by atoms with van der Waals surface area (Å²) in [5, 5.41) is 0. The second-order valence-electron chi connectivity index (χ2n) is 11.8. The van der Waals surface area contributed by atoms with Gasteiger partial charge in [0.15, 0.2) is 0 Å². The van der Waals surface area contributed by atoms with Crippen molar-refractivity contribution < 1.29 is 28.6 Å². The van der Waals surface area contributed by atoms with Gasteiger partial charge in [0.05, 0.1) is 17.4 Å². The minimum absolute atomic E-state index is 0.209. The summed E-state index contributed by atoms with van der Waals surface area (Å²) >= 11 is 0. The first-order chi connectivity index (χ1) is 15.0. The zero-order chi connectivity index (χ0) is 23.3. The second kappa shape index (κ2) is 8.32. The highest BCUT2D eigenvalue weighted by atomic mass is 16.6. The van der Waals surface area contributed by atoms with Gasteiger partial charge in [-0.25, -0.2) is 4.79 Å². The number of carbonyl (C=O) groups excluding carboxylic acids is 3. The molecule has 0 aromatic carbocycles. The molecular formula is C26H40O6. The molecule has 0 N–H and O–H groups in total. The van der Waals surface area contributed by atoms with Gasteiger partial charge < -0.3 is 14.2 Å². The Balaban J connectivity index is 1.46. The van der Waals surface area contributed by atoms with E-state index in [0.29, 0.717) is 31.1 Å². The van der Waals surface area contributed by atoms with Crippen molar-refractivity contribution >= 4 is 17.9 Å². The maximum absolute atomic E-state index is 13.6. The van der Waals surface area contributed by atoms with Gasteiger partial charge in [0.2, 0.25) is 6.10 Å². The summed E-state index contributed by atoms with van der Waals surface area (Å²) in [5.41, 5.74) is -2.07. The SMILES string of the molecule is CCC(C)(CC(C)(C)C(=O)OC1(CC)C2CC3CC(C2)CC1C3)C(=O)OC1CCOC1=O. The molecule has 32 heavy (non-hydrogen) atoms. The predicted molar refractivity (Wildman–Crippen MR) is 118 cm³/mol. The molecule has 1 saturated heterocycles. The summed E-state index contributed by atoms with van der Waals surface area (Å²) in [6.07, 6.45) is 7.35. The van der Waals surface area contributed by atoms with Crippen LogP contribution in [0, 0.1) is 34.5 Å². The third-order valence-electron chi connectivity index (χ3n) is 9.15. The molecule has 2 unspecified atom stereocenters. The largest absolute Gasteiger partial charge is 0.463 e. The average molecular weight is 449 g/mol. The Morgan fingerprint density at radius 1 is 1.00 bits per heavy atom. The maximum Gasteiger partial charge on any atom is 0.347 e. The van der Waals surface area contributed by atoms with E-state index >= 15 is 0 Å². The van der Waals surface area contributed by atoms with Crippen LogP contribution in [0.3, 0.4) is 0 Å². The van der Waals surface area contributed by atoms with E-state index in [0.717, 1.165) is 18.3 Å². The first-order valence-electron chi connectivity index (χ1n) is 12.6. The van der Waals surface area contributed by atoms with Crippen LogP contribution in [0.1, 0.15) is 92.4 Å². The lowest BCUT2D eigenvalue weighted by molar-refractivity contribution is -0.219. The lowest BCUT2D eigenvalue weighted by atomic mass is 9.49. The Kier molecular flexibility index (Phi) is 6.13. The predicted octanol–water partition coefficient (Wildman–Crippen LogP) is 4.83. The molecule has 0 aromatic heterocycles. The molecule has 1 heterocycles. The molecule has 2 atom stereocenters. The number of hydrogen-bond acceptors (Lipinski definition) is 6. The quantitative estimate of drug-likeness (QED) is 0.391. The van der Waals surface area contributed by atoms with E-state index in [1.54, 1.807) is 0 Å². The van der Waals surface area contributed by atoms with E-state index in [4.69, 9.17) is 14.2 Å². The molecule has 1 aliphatic heterocycles. The molecule has 5 rings (SSSR count). The van der Waals surface area contributed by atoms with Crippen molar-refractivity contribution in [1.82, 2.24) is 0 Å². The first kappa shape index (κ1) is 23.6. The molecule has 5 fully saturated rings. The summed E-state index contributed by atoms with van der Waals surface area (Å²) in [4.78, 5) is 38.4. The van der Waals surface area contributed by atoms with Crippen LogP contribution in [-0.2, 0) is 28.6 Å². The number of carbonyl (C=O) groups is 3. The van der Waals surface area contributed by atoms with Crippen LogP contribution >= 0.6 is 0 Å². The van der Waals surface area contributed by atoms with Crippen molar-refractivity contribution in [2.24, 2.45) is 34.5 Å². The van der Waals surface area contributed by atoms with Gasteiger partial charge in [-0.05, 0) is 95.8 Å². The van der Waals surface area contributed by atoms with Gasteiger partial charge in [0.25, 0.3) is 0 Å². The van der Waals surface area contributed by atoms with Crippen LogP contribution in [-0.4, -0.2) is 36.2 Å². The van der Waals surface area contributed by atoms with Gasteiger partial charge in [-0.15, -0.1) is 0 Å². The van der Waals surface area contributed by atoms with Crippen LogP contribution in [0.25, 0.3) is 0 Å². The molecule has 6 nitrogen and oxygen atoms in total. The van der Waals surface area contributed by atoms with Crippen molar-refractivity contribution in [3.05, 3.63) is 0 Å². The van der Waals surface area contributed by atoms with Crippen LogP contribution in [0.5, 0.6) is 0 Å². The molecule has 4 aliphatic carbocycles. The molecule has 0 amide bonds. The first-order valence-corrected chi connectivity index (χ1v) is 12.6. The lowest BCUT2D eigenvalue weighted by Gasteiger charge is -2.60. The highest BCUT2D eigenvalue weighted by Crippen LogP contribution is 2.61. The van der Waals surface area contributed by atoms with Gasteiger partial charge in [-0.1, -0.05) is 13.8 Å². The van der Waals surface area contributed by atoms with Crippen LogP contribution < -0.4 is 0 Å². The monoisotopic (exact) mass is 448 g/mol. The minimum atomic E-state index is -0.880. The summed E-state index contributed by atoms with van der Waals surface area (Å²) < 4.78 is 16.9. The Morgan fingerprint density at radius 2 is 1.59 bits per heavy atom. The Bertz CT molecular complexity index is 742. The van der Waals surface area contributed by atoms with E-state index in [2.05, 4.69) is 6.92 Å². The minimum Gasteiger partial charge on any atom is -0.463 e. The number of cyclic esters (lactones) is 1. The molecule has 180 valence electrons. The fourth-order valence-electron chi connectivity index (χ4n) is 7.35. The molecule has 4 saturated carbocycles. The van der Waals surface area contributed by atoms with Gasteiger partial charge in [0, 0.05) is 6.42 Å². The van der Waals surface area contributed by atoms with Crippen LogP contribution in [0.4, 0.5) is 0 Å². The topological polar surface area (TPSA) is 78.9 Å². The molecule has 0 aromatic rings. The van der Waals surface area contributed by atoms with Gasteiger partial charge in [0.1, 0.15) is 5.60 Å². The number of hydrogen-bond donors (Lipinski definition) is 0. The van der Waals surface area contributed by atoms with E-state index in [1.807, 2.05) is 27.7 Å². The lowest BCUT2D eigenvalue weighted by Crippen LogP contribution is -2.60. The van der Waals surface area contributed by atoms with E-state index in [9.17, 15) is 14.4 Å². The van der Waals surface area contributed by atoms with E-state index in [-0.39, 0.29) is 18.2 Å². The third kappa shape index (κ3) is 3.96. The Morgan fingerprint density at radius 3 is 2.06 bits per heavy atom. The molecule has 6 heteroatoms. The number of esters is 3. The fourth-order valence-corrected chi connectivity index (χ4v) is 7.35. The van der Waals surface area contributed by atoms with Crippen molar-refractivity contribution in [3.8, 4) is 0 Å². The number of rotatable bonds is 8. The smallest absolute Gasteiger partial charge is 0.347 e. The summed E-state index contributed by atoms with van der Waals surface area (Å²) in [7, 11) is 0. The van der Waals surface area contributed by atoms with E-state index in [1.165, 1.54) is 32.1 Å². The fraction of sp³-hybridized carbons (Fsp3) is 0.885. The van der Waals surface area contributed by atoms with E-state index < -0.39 is 28.9 Å². The highest BCUT2D eigenvalue weighted by molar-refractivity contribution is 5.84. The molecular weight excluding hydrogens is 408 g/mol. The third-order valence-corrected chi connectivity index (χ3v) is 9.15. The van der Waals surface area contributed by atoms with Crippen molar-refractivity contribution in [3.63, 3.8) is 0 Å². The van der Waals surface area contributed by atoms with Crippen LogP contribution in [0.15, 0.2) is 0 Å². The normalized spacial score (nSPS) is 37.7. The Hall–Kier alpha value is -1.59.